The van der Waals surface area contributed by atoms with Crippen LogP contribution < -0.4 is 15.9 Å². The van der Waals surface area contributed by atoms with Crippen LogP contribution in [0.5, 0.6) is 5.75 Å². The number of amidine groups is 2. The van der Waals surface area contributed by atoms with Crippen molar-refractivity contribution in [3.8, 4) is 5.75 Å². The van der Waals surface area contributed by atoms with Crippen LogP contribution in [0.4, 0.5) is 0 Å². The van der Waals surface area contributed by atoms with Crippen LogP contribution in [0.3, 0.4) is 0 Å². The second-order valence-electron chi connectivity index (χ2n) is 3.53. The fourth-order valence-corrected chi connectivity index (χ4v) is 2.45. The van der Waals surface area contributed by atoms with E-state index < -0.39 is 0 Å². The average Bonchev–Trinajstić information content (AvgIpc) is 2.59. The maximum absolute atomic E-state index is 5.78. The fourth-order valence-electron chi connectivity index (χ4n) is 1.55. The van der Waals surface area contributed by atoms with Crippen molar-refractivity contribution in [3.63, 3.8) is 0 Å². The predicted molar refractivity (Wildman–Crippen MR) is 66.6 cm³/mol. The molecule has 1 unspecified atom stereocenters. The fraction of sp³-hybridized carbons (Fsp3) is 0.273. The van der Waals surface area contributed by atoms with E-state index in [4.69, 9.17) is 15.9 Å². The molecule has 5 heteroatoms. The molecule has 1 aromatic carbocycles. The lowest BCUT2D eigenvalue weighted by atomic mass is 10.1. The van der Waals surface area contributed by atoms with Gasteiger partial charge in [-0.1, -0.05) is 12.1 Å². The minimum absolute atomic E-state index is 0.161. The molecule has 0 amide bonds. The molecule has 0 spiro atoms. The van der Waals surface area contributed by atoms with Crippen LogP contribution in [0.2, 0.25) is 0 Å². The maximum Gasteiger partial charge on any atom is 0.353 e. The van der Waals surface area contributed by atoms with Gasteiger partial charge in [0.25, 0.3) is 0 Å². The first-order chi connectivity index (χ1) is 7.69. The zero-order valence-electron chi connectivity index (χ0n) is 9.01. The highest BCUT2D eigenvalue weighted by Crippen LogP contribution is 2.23. The van der Waals surface area contributed by atoms with Gasteiger partial charge in [-0.05, 0) is 40.9 Å². The molecule has 4 nitrogen and oxygen atoms in total. The van der Waals surface area contributed by atoms with Crippen LogP contribution in [0.15, 0.2) is 29.3 Å². The SMILES string of the molecule is COc1ccc(CC2SC(=[NH2+])N=C2N)cc1. The molecule has 1 heterocycles. The molecule has 0 radical (unpaired) electrons. The first kappa shape index (κ1) is 11.0. The van der Waals surface area contributed by atoms with Gasteiger partial charge in [-0.2, -0.15) is 0 Å². The third-order valence-corrected chi connectivity index (χ3v) is 3.44. The lowest BCUT2D eigenvalue weighted by Crippen LogP contribution is -2.35. The van der Waals surface area contributed by atoms with Crippen molar-refractivity contribution < 1.29 is 10.1 Å². The summed E-state index contributed by atoms with van der Waals surface area (Å²) in [7, 11) is 1.65. The molecule has 0 saturated carbocycles. The van der Waals surface area contributed by atoms with Crippen LogP contribution in [-0.2, 0) is 6.42 Å². The molecule has 0 fully saturated rings. The average molecular weight is 236 g/mol. The molecule has 0 saturated heterocycles. The van der Waals surface area contributed by atoms with Crippen LogP contribution in [0, 0.1) is 0 Å². The summed E-state index contributed by atoms with van der Waals surface area (Å²) >= 11 is 1.51. The van der Waals surface area contributed by atoms with E-state index in [-0.39, 0.29) is 5.25 Å². The second kappa shape index (κ2) is 4.57. The highest BCUT2D eigenvalue weighted by atomic mass is 32.2. The molecule has 0 aromatic heterocycles. The van der Waals surface area contributed by atoms with Gasteiger partial charge in [0.2, 0.25) is 5.84 Å². The van der Waals surface area contributed by atoms with E-state index in [1.165, 1.54) is 17.3 Å². The van der Waals surface area contributed by atoms with E-state index in [9.17, 15) is 0 Å². The highest BCUT2D eigenvalue weighted by Gasteiger charge is 2.30. The molecule has 1 aromatic rings. The quantitative estimate of drug-likeness (QED) is 0.765. The van der Waals surface area contributed by atoms with Crippen molar-refractivity contribution in [2.24, 2.45) is 10.7 Å². The molecule has 2 rings (SSSR count). The normalized spacial score (nSPS) is 19.7. The molecular formula is C11H14N3OS+. The summed E-state index contributed by atoms with van der Waals surface area (Å²) in [6, 6.07) is 7.94. The number of nitrogens with zero attached hydrogens (tertiary/aromatic N) is 1. The number of hydrogen-bond donors (Lipinski definition) is 2. The number of benzene rings is 1. The Kier molecular flexibility index (Phi) is 3.14. The topological polar surface area (TPSA) is 73.2 Å². The van der Waals surface area contributed by atoms with Crippen molar-refractivity contribution in [3.05, 3.63) is 29.8 Å². The van der Waals surface area contributed by atoms with Crippen molar-refractivity contribution >= 4 is 22.8 Å². The number of methoxy groups -OCH3 is 1. The first-order valence-electron chi connectivity index (χ1n) is 4.95. The van der Waals surface area contributed by atoms with Crippen LogP contribution in [0.1, 0.15) is 5.56 Å². The van der Waals surface area contributed by atoms with Gasteiger partial charge in [-0.15, -0.1) is 0 Å². The van der Waals surface area contributed by atoms with Crippen molar-refractivity contribution in [1.29, 1.82) is 0 Å². The van der Waals surface area contributed by atoms with Gasteiger partial charge in [0.05, 0.1) is 7.11 Å². The standard InChI is InChI=1S/C11H13N3OS/c1-15-8-4-2-7(3-5-8)6-9-10(12)14-11(13)16-9/h2-5,9H,6H2,1H3,(H3,12,13,14)/p+1. The van der Waals surface area contributed by atoms with Crippen LogP contribution in [0.25, 0.3) is 0 Å². The summed E-state index contributed by atoms with van der Waals surface area (Å²) in [6.07, 6.45) is 0.838. The van der Waals surface area contributed by atoms with E-state index in [1.54, 1.807) is 7.11 Å². The number of rotatable bonds is 3. The molecule has 4 N–H and O–H groups in total. The smallest absolute Gasteiger partial charge is 0.353 e. The molecule has 1 atom stereocenters. The van der Waals surface area contributed by atoms with Gasteiger partial charge in [0, 0.05) is 0 Å². The Hall–Kier alpha value is -1.49. The molecule has 84 valence electrons. The number of hydrogen-bond acceptors (Lipinski definition) is 3. The van der Waals surface area contributed by atoms with Gasteiger partial charge >= 0.3 is 5.17 Å². The Labute approximate surface area is 98.4 Å². The third-order valence-electron chi connectivity index (χ3n) is 2.41. The van der Waals surface area contributed by atoms with Crippen molar-refractivity contribution in [2.75, 3.05) is 7.11 Å². The van der Waals surface area contributed by atoms with Gasteiger partial charge < -0.3 is 10.5 Å². The zero-order valence-corrected chi connectivity index (χ0v) is 9.83. The monoisotopic (exact) mass is 236 g/mol. The Morgan fingerprint density at radius 3 is 2.62 bits per heavy atom. The molecule has 0 bridgehead atoms. The maximum atomic E-state index is 5.78. The Morgan fingerprint density at radius 2 is 2.12 bits per heavy atom. The van der Waals surface area contributed by atoms with Crippen molar-refractivity contribution in [1.82, 2.24) is 0 Å². The Morgan fingerprint density at radius 1 is 1.44 bits per heavy atom. The van der Waals surface area contributed by atoms with Crippen LogP contribution >= 0.6 is 11.8 Å². The van der Waals surface area contributed by atoms with Crippen molar-refractivity contribution in [2.45, 2.75) is 11.7 Å². The summed E-state index contributed by atoms with van der Waals surface area (Å²) < 4.78 is 5.10. The van der Waals surface area contributed by atoms with Gasteiger partial charge in [-0.25, -0.2) is 0 Å². The van der Waals surface area contributed by atoms with E-state index in [0.717, 1.165) is 12.2 Å². The minimum atomic E-state index is 0.161. The first-order valence-corrected chi connectivity index (χ1v) is 5.83. The number of thioether (sulfide) groups is 1. The molecule has 0 aliphatic carbocycles. The lowest BCUT2D eigenvalue weighted by molar-refractivity contribution is -0.109. The van der Waals surface area contributed by atoms with E-state index >= 15 is 0 Å². The molecule has 1 aliphatic heterocycles. The Bertz CT molecular complexity index is 427. The zero-order chi connectivity index (χ0) is 11.5. The second-order valence-corrected chi connectivity index (χ2v) is 4.76. The lowest BCUT2D eigenvalue weighted by Gasteiger charge is -2.06. The summed E-state index contributed by atoms with van der Waals surface area (Å²) in [4.78, 5) is 4.03. The largest absolute Gasteiger partial charge is 0.497 e. The van der Waals surface area contributed by atoms with E-state index in [2.05, 4.69) is 4.99 Å². The summed E-state index contributed by atoms with van der Waals surface area (Å²) in [5.74, 6) is 1.47. The molecule has 16 heavy (non-hydrogen) atoms. The summed E-state index contributed by atoms with van der Waals surface area (Å²) in [6.45, 7) is 0. The summed E-state index contributed by atoms with van der Waals surface area (Å²) in [5.41, 5.74) is 6.98. The van der Waals surface area contributed by atoms with Gasteiger partial charge in [-0.3, -0.25) is 5.41 Å². The predicted octanol–water partition coefficient (Wildman–Crippen LogP) is -0.175. The van der Waals surface area contributed by atoms with Crippen LogP contribution in [-0.4, -0.2) is 23.4 Å². The van der Waals surface area contributed by atoms with E-state index in [1.807, 2.05) is 24.3 Å². The highest BCUT2D eigenvalue weighted by molar-refractivity contribution is 8.15. The minimum Gasteiger partial charge on any atom is -0.497 e. The number of aliphatic imine (C=N–C) groups is 1. The third kappa shape index (κ3) is 2.36. The van der Waals surface area contributed by atoms with Gasteiger partial charge in [0.15, 0.2) is 0 Å². The molecular weight excluding hydrogens is 222 g/mol. The molecule has 1 aliphatic rings. The summed E-state index contributed by atoms with van der Waals surface area (Å²) in [5, 5.41) is 6.32. The number of nitrogens with two attached hydrogens (primary N) is 2. The van der Waals surface area contributed by atoms with E-state index in [0.29, 0.717) is 11.0 Å². The Balaban J connectivity index is 2.04. The van der Waals surface area contributed by atoms with Gasteiger partial charge in [0.1, 0.15) is 11.0 Å². The number of ether oxygens (including phenoxy) is 1.